The molecule has 1 unspecified atom stereocenters. The number of carboxylic acids is 2. The highest BCUT2D eigenvalue weighted by molar-refractivity contribution is 6.03. The van der Waals surface area contributed by atoms with E-state index in [1.54, 1.807) is 0 Å². The van der Waals surface area contributed by atoms with Gasteiger partial charge in [0.05, 0.1) is 23.3 Å². The summed E-state index contributed by atoms with van der Waals surface area (Å²) in [5.41, 5.74) is -0.744. The van der Waals surface area contributed by atoms with Gasteiger partial charge in [0.2, 0.25) is 0 Å². The van der Waals surface area contributed by atoms with Crippen molar-refractivity contribution in [3.8, 4) is 0 Å². The van der Waals surface area contributed by atoms with E-state index in [0.717, 1.165) is 37.8 Å². The van der Waals surface area contributed by atoms with E-state index >= 15 is 0 Å². The van der Waals surface area contributed by atoms with Gasteiger partial charge in [0.15, 0.2) is 0 Å². The Kier molecular flexibility index (Phi) is 7.25. The van der Waals surface area contributed by atoms with E-state index in [9.17, 15) is 14.4 Å². The number of ether oxygens (including phenoxy) is 1. The maximum Gasteiger partial charge on any atom is 0.338 e. The van der Waals surface area contributed by atoms with Crippen LogP contribution >= 0.6 is 0 Å². The average Bonchev–Trinajstić information content (AvgIpc) is 2.54. The van der Waals surface area contributed by atoms with Crippen molar-refractivity contribution in [1.29, 1.82) is 0 Å². The third kappa shape index (κ3) is 5.39. The van der Waals surface area contributed by atoms with Crippen LogP contribution in [0.4, 0.5) is 0 Å². The fraction of sp³-hybridized carbons (Fsp3) is 0.471. The van der Waals surface area contributed by atoms with Crippen LogP contribution in [0.15, 0.2) is 18.2 Å². The Labute approximate surface area is 135 Å². The van der Waals surface area contributed by atoms with Crippen molar-refractivity contribution in [3.63, 3.8) is 0 Å². The molecule has 0 aromatic heterocycles. The third-order valence-electron chi connectivity index (χ3n) is 3.71. The number of rotatable bonds is 9. The van der Waals surface area contributed by atoms with Gasteiger partial charge in [-0.2, -0.15) is 0 Å². The summed E-state index contributed by atoms with van der Waals surface area (Å²) < 4.78 is 5.23. The first kappa shape index (κ1) is 18.7. The Morgan fingerprint density at radius 2 is 1.74 bits per heavy atom. The molecule has 0 bridgehead atoms. The lowest BCUT2D eigenvalue weighted by Crippen LogP contribution is -2.15. The summed E-state index contributed by atoms with van der Waals surface area (Å²) in [6.45, 7) is 4.40. The molecule has 0 spiro atoms. The largest absolute Gasteiger partial charge is 0.478 e. The topological polar surface area (TPSA) is 101 Å². The summed E-state index contributed by atoms with van der Waals surface area (Å²) in [6.07, 6.45) is 4.00. The number of esters is 1. The highest BCUT2D eigenvalue weighted by Gasteiger charge is 2.19. The molecule has 0 aliphatic rings. The maximum absolute atomic E-state index is 12.0. The van der Waals surface area contributed by atoms with Gasteiger partial charge in [0, 0.05) is 0 Å². The SMILES string of the molecule is CCCCC(CC)COC(=O)c1ccc(C(=O)O)c(C(=O)O)c1. The van der Waals surface area contributed by atoms with Crippen molar-refractivity contribution in [2.75, 3.05) is 6.61 Å². The molecule has 2 N–H and O–H groups in total. The van der Waals surface area contributed by atoms with Crippen LogP contribution in [0.25, 0.3) is 0 Å². The second-order valence-corrected chi connectivity index (χ2v) is 5.39. The molecule has 0 radical (unpaired) electrons. The third-order valence-corrected chi connectivity index (χ3v) is 3.71. The van der Waals surface area contributed by atoms with Gasteiger partial charge in [-0.25, -0.2) is 14.4 Å². The van der Waals surface area contributed by atoms with Crippen LogP contribution in [0.3, 0.4) is 0 Å². The number of carboxylic acid groups (broad SMARTS) is 2. The maximum atomic E-state index is 12.0. The van der Waals surface area contributed by atoms with E-state index in [0.29, 0.717) is 0 Å². The van der Waals surface area contributed by atoms with Crippen LogP contribution in [0.1, 0.15) is 70.6 Å². The predicted molar refractivity (Wildman–Crippen MR) is 83.9 cm³/mol. The first-order valence-electron chi connectivity index (χ1n) is 7.68. The number of carbonyl (C=O) groups excluding carboxylic acids is 1. The zero-order chi connectivity index (χ0) is 17.4. The van der Waals surface area contributed by atoms with Gasteiger partial charge in [0.25, 0.3) is 0 Å². The van der Waals surface area contributed by atoms with Crippen molar-refractivity contribution in [1.82, 2.24) is 0 Å². The number of unbranched alkanes of at least 4 members (excludes halogenated alkanes) is 1. The van der Waals surface area contributed by atoms with Gasteiger partial charge < -0.3 is 14.9 Å². The van der Waals surface area contributed by atoms with Gasteiger partial charge in [-0.15, -0.1) is 0 Å². The monoisotopic (exact) mass is 322 g/mol. The number of benzene rings is 1. The molecule has 0 fully saturated rings. The number of hydrogen-bond acceptors (Lipinski definition) is 4. The van der Waals surface area contributed by atoms with Crippen molar-refractivity contribution in [2.24, 2.45) is 5.92 Å². The Morgan fingerprint density at radius 1 is 1.09 bits per heavy atom. The highest BCUT2D eigenvalue weighted by Crippen LogP contribution is 2.16. The molecule has 0 amide bonds. The van der Waals surface area contributed by atoms with E-state index in [1.807, 2.05) is 6.92 Å². The molecule has 0 aliphatic carbocycles. The summed E-state index contributed by atoms with van der Waals surface area (Å²) in [4.78, 5) is 34.1. The zero-order valence-electron chi connectivity index (χ0n) is 13.4. The van der Waals surface area contributed by atoms with E-state index in [4.69, 9.17) is 14.9 Å². The van der Waals surface area contributed by atoms with Crippen LogP contribution in [-0.4, -0.2) is 34.7 Å². The first-order valence-corrected chi connectivity index (χ1v) is 7.68. The Balaban J connectivity index is 2.82. The van der Waals surface area contributed by atoms with Gasteiger partial charge in [-0.3, -0.25) is 0 Å². The second-order valence-electron chi connectivity index (χ2n) is 5.39. The Bertz CT molecular complexity index is 578. The van der Waals surface area contributed by atoms with Crippen molar-refractivity contribution >= 4 is 17.9 Å². The number of hydrogen-bond donors (Lipinski definition) is 2. The van der Waals surface area contributed by atoms with E-state index in [2.05, 4.69) is 6.92 Å². The fourth-order valence-electron chi connectivity index (χ4n) is 2.21. The normalized spacial score (nSPS) is 11.7. The van der Waals surface area contributed by atoms with Gasteiger partial charge in [-0.1, -0.05) is 33.1 Å². The van der Waals surface area contributed by atoms with Crippen molar-refractivity contribution in [2.45, 2.75) is 39.5 Å². The smallest absolute Gasteiger partial charge is 0.338 e. The van der Waals surface area contributed by atoms with Gasteiger partial charge in [-0.05, 0) is 30.5 Å². The summed E-state index contributed by atoms with van der Waals surface area (Å²) >= 11 is 0. The summed E-state index contributed by atoms with van der Waals surface area (Å²) in [6, 6.07) is 3.42. The van der Waals surface area contributed by atoms with Gasteiger partial charge in [0.1, 0.15) is 0 Å². The van der Waals surface area contributed by atoms with Crippen LogP contribution in [0.2, 0.25) is 0 Å². The standard InChI is InChI=1S/C17H22O6/c1-3-5-6-11(4-2)10-23-17(22)12-7-8-13(15(18)19)14(9-12)16(20)21/h7-9,11H,3-6,10H2,1-2H3,(H,18,19)(H,20,21). The lowest BCUT2D eigenvalue weighted by Gasteiger charge is -2.14. The predicted octanol–water partition coefficient (Wildman–Crippen LogP) is 3.46. The lowest BCUT2D eigenvalue weighted by atomic mass is 10.0. The molecule has 6 nitrogen and oxygen atoms in total. The molecule has 1 atom stereocenters. The molecule has 0 aliphatic heterocycles. The number of carbonyl (C=O) groups is 3. The molecular formula is C17H22O6. The Morgan fingerprint density at radius 3 is 2.26 bits per heavy atom. The highest BCUT2D eigenvalue weighted by atomic mass is 16.5. The van der Waals surface area contributed by atoms with E-state index in [-0.39, 0.29) is 23.7 Å². The minimum absolute atomic E-state index is 0.0396. The number of aromatic carboxylic acids is 2. The fourth-order valence-corrected chi connectivity index (χ4v) is 2.21. The average molecular weight is 322 g/mol. The molecule has 1 aromatic carbocycles. The van der Waals surface area contributed by atoms with E-state index in [1.165, 1.54) is 6.07 Å². The van der Waals surface area contributed by atoms with Gasteiger partial charge >= 0.3 is 17.9 Å². The molecule has 23 heavy (non-hydrogen) atoms. The van der Waals surface area contributed by atoms with Crippen LogP contribution < -0.4 is 0 Å². The molecule has 0 saturated heterocycles. The molecule has 6 heteroatoms. The minimum atomic E-state index is -1.40. The van der Waals surface area contributed by atoms with Crippen molar-refractivity contribution in [3.05, 3.63) is 34.9 Å². The minimum Gasteiger partial charge on any atom is -0.478 e. The van der Waals surface area contributed by atoms with Crippen molar-refractivity contribution < 1.29 is 29.3 Å². The summed E-state index contributed by atoms with van der Waals surface area (Å²) in [7, 11) is 0. The lowest BCUT2D eigenvalue weighted by molar-refractivity contribution is 0.0427. The van der Waals surface area contributed by atoms with Crippen LogP contribution in [0.5, 0.6) is 0 Å². The summed E-state index contributed by atoms with van der Waals surface area (Å²) in [5, 5.41) is 18.0. The molecule has 1 aromatic rings. The molecule has 126 valence electrons. The van der Waals surface area contributed by atoms with Crippen LogP contribution in [0, 0.1) is 5.92 Å². The van der Waals surface area contributed by atoms with E-state index < -0.39 is 23.5 Å². The molecular weight excluding hydrogens is 300 g/mol. The quantitative estimate of drug-likeness (QED) is 0.675. The second kappa shape index (κ2) is 8.92. The summed E-state index contributed by atoms with van der Waals surface area (Å²) in [5.74, 6) is -3.12. The molecule has 1 rings (SSSR count). The molecule has 0 saturated carbocycles. The van der Waals surface area contributed by atoms with Crippen LogP contribution in [-0.2, 0) is 4.74 Å². The Hall–Kier alpha value is -2.37. The zero-order valence-corrected chi connectivity index (χ0v) is 13.4. The molecule has 0 heterocycles. The first-order chi connectivity index (χ1) is 10.9.